The Morgan fingerprint density at radius 3 is 2.65 bits per heavy atom. The van der Waals surface area contributed by atoms with Crippen LogP contribution >= 0.6 is 11.6 Å². The molecule has 0 bridgehead atoms. The van der Waals surface area contributed by atoms with Crippen LogP contribution in [0.25, 0.3) is 5.69 Å². The van der Waals surface area contributed by atoms with Crippen LogP contribution in [0.5, 0.6) is 0 Å². The topological polar surface area (TPSA) is 79.6 Å². The van der Waals surface area contributed by atoms with E-state index in [1.807, 2.05) is 12.1 Å². The molecule has 4 rings (SSSR count). The number of carbonyl (C=O) groups excluding carboxylic acids is 2. The minimum Gasteiger partial charge on any atom is -0.305 e. The predicted molar refractivity (Wildman–Crippen MR) is 98.7 cm³/mol. The second-order valence-corrected chi connectivity index (χ2v) is 6.87. The van der Waals surface area contributed by atoms with Gasteiger partial charge in [-0.25, -0.2) is 9.69 Å². The summed E-state index contributed by atoms with van der Waals surface area (Å²) in [4.78, 5) is 24.3. The fraction of sp³-hybridized carbons (Fsp3) is 0.333. The van der Waals surface area contributed by atoms with Crippen LogP contribution in [0.4, 0.5) is 5.82 Å². The van der Waals surface area contributed by atoms with Gasteiger partial charge in [-0.1, -0.05) is 11.6 Å². The van der Waals surface area contributed by atoms with Gasteiger partial charge in [0.2, 0.25) is 5.91 Å². The predicted octanol–water partition coefficient (Wildman–Crippen LogP) is 2.56. The second-order valence-electron chi connectivity index (χ2n) is 6.43. The largest absolute Gasteiger partial charge is 0.305 e. The van der Waals surface area contributed by atoms with Crippen molar-refractivity contribution < 1.29 is 9.59 Å². The maximum atomic E-state index is 12.7. The van der Waals surface area contributed by atoms with Crippen molar-refractivity contribution in [2.75, 3.05) is 12.4 Å². The van der Waals surface area contributed by atoms with Gasteiger partial charge in [0.15, 0.2) is 0 Å². The first-order chi connectivity index (χ1) is 12.5. The van der Waals surface area contributed by atoms with Gasteiger partial charge >= 0.3 is 0 Å². The second kappa shape index (κ2) is 6.57. The van der Waals surface area contributed by atoms with Crippen molar-refractivity contribution in [2.45, 2.75) is 32.1 Å². The fourth-order valence-corrected chi connectivity index (χ4v) is 3.43. The Labute approximate surface area is 155 Å². The van der Waals surface area contributed by atoms with Crippen molar-refractivity contribution >= 4 is 34.9 Å². The van der Waals surface area contributed by atoms with E-state index in [-0.39, 0.29) is 18.2 Å². The minimum atomic E-state index is -0.297. The van der Waals surface area contributed by atoms with Gasteiger partial charge in [-0.15, -0.1) is 0 Å². The molecule has 1 N–H and O–H groups in total. The van der Waals surface area contributed by atoms with E-state index in [1.165, 1.54) is 5.01 Å². The lowest BCUT2D eigenvalue weighted by molar-refractivity contribution is -0.130. The van der Waals surface area contributed by atoms with E-state index in [0.29, 0.717) is 23.0 Å². The van der Waals surface area contributed by atoms with E-state index >= 15 is 0 Å². The van der Waals surface area contributed by atoms with Crippen LogP contribution in [0.15, 0.2) is 29.4 Å². The summed E-state index contributed by atoms with van der Waals surface area (Å²) in [6.45, 7) is 0. The number of nitrogens with zero attached hydrogens (tertiary/aromatic N) is 4. The molecule has 0 unspecified atom stereocenters. The Balaban J connectivity index is 1.68. The van der Waals surface area contributed by atoms with Gasteiger partial charge in [0, 0.05) is 30.5 Å². The zero-order chi connectivity index (χ0) is 18.3. The smallest absolute Gasteiger partial charge is 0.273 e. The summed E-state index contributed by atoms with van der Waals surface area (Å²) in [5.41, 5.74) is 3.25. The molecule has 1 aromatic carbocycles. The highest BCUT2D eigenvalue weighted by Crippen LogP contribution is 2.31. The fourth-order valence-electron chi connectivity index (χ4n) is 3.30. The monoisotopic (exact) mass is 371 g/mol. The Morgan fingerprint density at radius 1 is 1.15 bits per heavy atom. The lowest BCUT2D eigenvalue weighted by Crippen LogP contribution is -2.34. The molecular weight excluding hydrogens is 354 g/mol. The summed E-state index contributed by atoms with van der Waals surface area (Å²) >= 11 is 5.98. The highest BCUT2D eigenvalue weighted by Gasteiger charge is 2.27. The highest BCUT2D eigenvalue weighted by atomic mass is 35.5. The van der Waals surface area contributed by atoms with E-state index in [1.54, 1.807) is 23.9 Å². The molecule has 2 aliphatic rings. The number of anilines is 1. The van der Waals surface area contributed by atoms with Crippen LogP contribution in [0.2, 0.25) is 5.02 Å². The van der Waals surface area contributed by atoms with Gasteiger partial charge in [-0.3, -0.25) is 9.59 Å². The number of hydrogen-bond donors (Lipinski definition) is 1. The number of fused-ring (bicyclic) bond motifs is 1. The van der Waals surface area contributed by atoms with Crippen LogP contribution in [0.1, 0.15) is 30.5 Å². The van der Waals surface area contributed by atoms with E-state index in [0.717, 1.165) is 36.2 Å². The molecule has 7 nitrogen and oxygen atoms in total. The third kappa shape index (κ3) is 2.99. The summed E-state index contributed by atoms with van der Waals surface area (Å²) in [5, 5.41) is 13.6. The molecule has 0 radical (unpaired) electrons. The van der Waals surface area contributed by atoms with Gasteiger partial charge in [-0.05, 0) is 43.5 Å². The Hall–Kier alpha value is -2.67. The molecule has 2 aromatic rings. The Bertz CT molecular complexity index is 916. The summed E-state index contributed by atoms with van der Waals surface area (Å²) in [6, 6.07) is 7.32. The van der Waals surface area contributed by atoms with E-state index in [4.69, 9.17) is 11.6 Å². The molecule has 2 amide bonds. The van der Waals surface area contributed by atoms with Crippen molar-refractivity contribution in [1.82, 2.24) is 14.8 Å². The van der Waals surface area contributed by atoms with Crippen molar-refractivity contribution in [3.05, 3.63) is 40.5 Å². The van der Waals surface area contributed by atoms with E-state index in [9.17, 15) is 9.59 Å². The van der Waals surface area contributed by atoms with Crippen molar-refractivity contribution in [2.24, 2.45) is 5.10 Å². The molecule has 0 spiro atoms. The van der Waals surface area contributed by atoms with Gasteiger partial charge in [0.1, 0.15) is 11.5 Å². The molecular formula is C18H18ClN5O2. The molecule has 0 saturated heterocycles. The number of amides is 2. The molecule has 8 heteroatoms. The quantitative estimate of drug-likeness (QED) is 0.900. The van der Waals surface area contributed by atoms with Crippen molar-refractivity contribution in [1.29, 1.82) is 0 Å². The number of rotatable bonds is 3. The Morgan fingerprint density at radius 2 is 1.92 bits per heavy atom. The number of aromatic nitrogens is 2. The normalized spacial score (nSPS) is 16.5. The zero-order valence-corrected chi connectivity index (χ0v) is 15.1. The first-order valence-electron chi connectivity index (χ1n) is 8.55. The number of hydrazone groups is 1. The maximum absolute atomic E-state index is 12.7. The third-order valence-electron chi connectivity index (χ3n) is 4.68. The SMILES string of the molecule is CN1N=C(C(=O)Nc2c3c(nn2-c2ccc(Cl)cc2)CCC3)CCC1=O. The number of hydrogen-bond acceptors (Lipinski definition) is 4. The molecule has 1 aromatic heterocycles. The lowest BCUT2D eigenvalue weighted by Gasteiger charge is -2.19. The standard InChI is InChI=1S/C18H18ClN5O2/c1-23-16(25)10-9-15(21-23)18(26)20-17-13-3-2-4-14(13)22-24(17)12-7-5-11(19)6-8-12/h5-8H,2-4,9-10H2,1H3,(H,20,26). The molecule has 1 aliphatic heterocycles. The molecule has 0 atom stereocenters. The average Bonchev–Trinajstić information content (AvgIpc) is 3.21. The van der Waals surface area contributed by atoms with Gasteiger partial charge in [0.25, 0.3) is 5.91 Å². The number of halogens is 1. The zero-order valence-electron chi connectivity index (χ0n) is 14.3. The van der Waals surface area contributed by atoms with Crippen molar-refractivity contribution in [3.8, 4) is 5.69 Å². The van der Waals surface area contributed by atoms with Gasteiger partial charge in [-0.2, -0.15) is 10.2 Å². The highest BCUT2D eigenvalue weighted by molar-refractivity contribution is 6.43. The van der Waals surface area contributed by atoms with Crippen LogP contribution < -0.4 is 5.32 Å². The first-order valence-corrected chi connectivity index (χ1v) is 8.93. The number of benzene rings is 1. The number of aryl methyl sites for hydroxylation is 1. The van der Waals surface area contributed by atoms with Crippen molar-refractivity contribution in [3.63, 3.8) is 0 Å². The molecule has 0 saturated carbocycles. The minimum absolute atomic E-state index is 0.0892. The van der Waals surface area contributed by atoms with Crippen LogP contribution in [-0.2, 0) is 22.4 Å². The van der Waals surface area contributed by atoms with Crippen LogP contribution in [0.3, 0.4) is 0 Å². The summed E-state index contributed by atoms with van der Waals surface area (Å²) in [6.07, 6.45) is 3.43. The van der Waals surface area contributed by atoms with Gasteiger partial charge < -0.3 is 5.32 Å². The van der Waals surface area contributed by atoms with E-state index in [2.05, 4.69) is 15.5 Å². The number of nitrogens with one attached hydrogen (secondary N) is 1. The molecule has 134 valence electrons. The van der Waals surface area contributed by atoms with Crippen LogP contribution in [0, 0.1) is 0 Å². The Kier molecular flexibility index (Phi) is 4.24. The molecule has 1 aliphatic carbocycles. The average molecular weight is 372 g/mol. The lowest BCUT2D eigenvalue weighted by atomic mass is 10.1. The summed E-state index contributed by atoms with van der Waals surface area (Å²) < 4.78 is 1.75. The maximum Gasteiger partial charge on any atom is 0.273 e. The van der Waals surface area contributed by atoms with Crippen LogP contribution in [-0.4, -0.2) is 39.4 Å². The van der Waals surface area contributed by atoms with Gasteiger partial charge in [0.05, 0.1) is 11.4 Å². The summed E-state index contributed by atoms with van der Waals surface area (Å²) in [5.74, 6) is 0.287. The number of carbonyl (C=O) groups is 2. The molecule has 2 heterocycles. The molecule has 0 fully saturated rings. The molecule has 26 heavy (non-hydrogen) atoms. The summed E-state index contributed by atoms with van der Waals surface area (Å²) in [7, 11) is 1.56. The van der Waals surface area contributed by atoms with E-state index < -0.39 is 0 Å². The first kappa shape index (κ1) is 16.8. The third-order valence-corrected chi connectivity index (χ3v) is 4.93.